The van der Waals surface area contributed by atoms with E-state index in [0.29, 0.717) is 12.4 Å². The van der Waals surface area contributed by atoms with Crippen molar-refractivity contribution in [2.24, 2.45) is 10.4 Å². The average Bonchev–Trinajstić information content (AvgIpc) is 2.03. The summed E-state index contributed by atoms with van der Waals surface area (Å²) in [5.41, 5.74) is -0.00205. The minimum atomic E-state index is -0.00205. The van der Waals surface area contributed by atoms with Gasteiger partial charge in [-0.15, -0.1) is 0 Å². The third kappa shape index (κ3) is 6.61. The standard InChI is InChI=1S/C10H20N3O.Rh/c1-10(2,3)7-8(14)13(6)9(11-4)12-5;/h7H2,1-6H3;/q-1;. The molecule has 0 saturated heterocycles. The Morgan fingerprint density at radius 3 is 2.13 bits per heavy atom. The topological polar surface area (TPSA) is 46.8 Å². The number of carbonyl (C=O) groups is 1. The molecule has 0 fully saturated rings. The zero-order chi connectivity index (χ0) is 11.4. The van der Waals surface area contributed by atoms with E-state index < -0.39 is 0 Å². The second kappa shape index (κ2) is 6.94. The summed E-state index contributed by atoms with van der Waals surface area (Å²) in [4.78, 5) is 17.1. The maximum Gasteiger partial charge on any atom is 0.173 e. The van der Waals surface area contributed by atoms with E-state index in [1.165, 1.54) is 4.90 Å². The fourth-order valence-electron chi connectivity index (χ4n) is 1.08. The van der Waals surface area contributed by atoms with Crippen LogP contribution in [0.5, 0.6) is 0 Å². The van der Waals surface area contributed by atoms with E-state index in [2.05, 4.69) is 10.3 Å². The molecule has 0 aromatic heterocycles. The number of hydrogen-bond acceptors (Lipinski definition) is 2. The number of aliphatic imine (C=N–C) groups is 1. The monoisotopic (exact) mass is 301 g/mol. The first-order valence-corrected chi connectivity index (χ1v) is 4.65. The number of amides is 1. The summed E-state index contributed by atoms with van der Waals surface area (Å²) in [5, 5.41) is 3.91. The molecule has 4 nitrogen and oxygen atoms in total. The maximum absolute atomic E-state index is 11.7. The number of rotatable bonds is 1. The van der Waals surface area contributed by atoms with Crippen LogP contribution in [0.15, 0.2) is 4.99 Å². The van der Waals surface area contributed by atoms with E-state index >= 15 is 0 Å². The Bertz CT molecular complexity index is 233. The van der Waals surface area contributed by atoms with Crippen molar-refractivity contribution < 1.29 is 24.3 Å². The van der Waals surface area contributed by atoms with Gasteiger partial charge in [-0.05, 0) is 26.6 Å². The van der Waals surface area contributed by atoms with E-state index in [1.807, 2.05) is 20.8 Å². The zero-order valence-electron chi connectivity index (χ0n) is 10.3. The molecule has 0 saturated carbocycles. The van der Waals surface area contributed by atoms with Crippen molar-refractivity contribution in [3.05, 3.63) is 5.32 Å². The van der Waals surface area contributed by atoms with Crippen LogP contribution in [0.1, 0.15) is 27.2 Å². The molecule has 15 heavy (non-hydrogen) atoms. The second-order valence-corrected chi connectivity index (χ2v) is 4.44. The van der Waals surface area contributed by atoms with Crippen molar-refractivity contribution in [3.63, 3.8) is 0 Å². The van der Waals surface area contributed by atoms with E-state index in [9.17, 15) is 4.79 Å². The van der Waals surface area contributed by atoms with Gasteiger partial charge in [0.15, 0.2) is 5.91 Å². The van der Waals surface area contributed by atoms with Crippen LogP contribution in [0, 0.1) is 5.41 Å². The van der Waals surface area contributed by atoms with E-state index in [-0.39, 0.29) is 30.8 Å². The third-order valence-electron chi connectivity index (χ3n) is 1.76. The van der Waals surface area contributed by atoms with Gasteiger partial charge < -0.3 is 15.2 Å². The van der Waals surface area contributed by atoms with Crippen molar-refractivity contribution >= 4 is 11.9 Å². The fraction of sp³-hybridized carbons (Fsp3) is 0.800. The van der Waals surface area contributed by atoms with E-state index in [1.54, 1.807) is 21.1 Å². The third-order valence-corrected chi connectivity index (χ3v) is 1.76. The number of guanidine groups is 1. The smallest absolute Gasteiger partial charge is 0.173 e. The van der Waals surface area contributed by atoms with Crippen LogP contribution in [-0.4, -0.2) is 37.9 Å². The van der Waals surface area contributed by atoms with E-state index in [0.717, 1.165) is 0 Å². The molecule has 0 aliphatic rings. The van der Waals surface area contributed by atoms with Gasteiger partial charge in [0.05, 0.1) is 0 Å². The molecule has 0 aromatic carbocycles. The van der Waals surface area contributed by atoms with Gasteiger partial charge in [0, 0.05) is 31.9 Å². The summed E-state index contributed by atoms with van der Waals surface area (Å²) < 4.78 is 0. The van der Waals surface area contributed by atoms with Crippen LogP contribution in [-0.2, 0) is 24.3 Å². The number of carbonyl (C=O) groups excluding carboxylic acids is 1. The van der Waals surface area contributed by atoms with Crippen molar-refractivity contribution in [3.8, 4) is 0 Å². The summed E-state index contributed by atoms with van der Waals surface area (Å²) in [6.07, 6.45) is 0.498. The maximum atomic E-state index is 11.7. The van der Waals surface area contributed by atoms with Gasteiger partial charge in [0.2, 0.25) is 0 Å². The molecule has 0 unspecified atom stereocenters. The first-order valence-electron chi connectivity index (χ1n) is 4.65. The predicted octanol–water partition coefficient (Wildman–Crippen LogP) is 1.87. The molecule has 1 radical (unpaired) electrons. The Labute approximate surface area is 105 Å². The first-order chi connectivity index (χ1) is 6.31. The van der Waals surface area contributed by atoms with Crippen LogP contribution in [0.2, 0.25) is 0 Å². The summed E-state index contributed by atoms with van der Waals surface area (Å²) in [7, 11) is 4.95. The molecular weight excluding hydrogens is 281 g/mol. The molecule has 0 rings (SSSR count). The molecule has 0 N–H and O–H groups in total. The fourth-order valence-corrected chi connectivity index (χ4v) is 1.08. The predicted molar refractivity (Wildman–Crippen MR) is 59.5 cm³/mol. The molecular formula is C10H20N3ORh-. The largest absolute Gasteiger partial charge is 0.397 e. The molecule has 91 valence electrons. The summed E-state index contributed by atoms with van der Waals surface area (Å²) in [5.74, 6) is 0.517. The van der Waals surface area contributed by atoms with Crippen molar-refractivity contribution in [1.29, 1.82) is 0 Å². The molecule has 0 bridgehead atoms. The molecule has 0 heterocycles. The zero-order valence-corrected chi connectivity index (χ0v) is 11.9. The Hall–Kier alpha value is -0.437. The summed E-state index contributed by atoms with van der Waals surface area (Å²) >= 11 is 0. The number of nitrogens with zero attached hydrogens (tertiary/aromatic N) is 3. The second-order valence-electron chi connectivity index (χ2n) is 4.44. The molecule has 0 atom stereocenters. The van der Waals surface area contributed by atoms with Crippen LogP contribution in [0.25, 0.3) is 5.32 Å². The Morgan fingerprint density at radius 1 is 1.40 bits per heavy atom. The van der Waals surface area contributed by atoms with Crippen LogP contribution >= 0.6 is 0 Å². The van der Waals surface area contributed by atoms with Gasteiger partial charge in [0.25, 0.3) is 0 Å². The molecule has 5 heteroatoms. The van der Waals surface area contributed by atoms with Crippen LogP contribution in [0.4, 0.5) is 0 Å². The minimum Gasteiger partial charge on any atom is -0.397 e. The van der Waals surface area contributed by atoms with Crippen LogP contribution in [0.3, 0.4) is 0 Å². The van der Waals surface area contributed by atoms with Gasteiger partial charge in [-0.2, -0.15) is 0 Å². The van der Waals surface area contributed by atoms with Gasteiger partial charge in [0.1, 0.15) is 0 Å². The Balaban J connectivity index is 0. The van der Waals surface area contributed by atoms with Crippen molar-refractivity contribution in [2.45, 2.75) is 27.2 Å². The quantitative estimate of drug-likeness (QED) is 0.414. The van der Waals surface area contributed by atoms with Gasteiger partial charge >= 0.3 is 0 Å². The SMILES string of the molecule is CN=C([N-]C)N(C)C(=O)CC(C)(C)C.[Rh]. The molecule has 0 aliphatic heterocycles. The first kappa shape index (κ1) is 17.0. The van der Waals surface area contributed by atoms with Crippen molar-refractivity contribution in [2.75, 3.05) is 21.1 Å². The van der Waals surface area contributed by atoms with Crippen LogP contribution < -0.4 is 0 Å². The average molecular weight is 301 g/mol. The summed E-state index contributed by atoms with van der Waals surface area (Å²) in [6, 6.07) is 0. The molecule has 0 aromatic rings. The normalized spacial score (nSPS) is 11.7. The van der Waals surface area contributed by atoms with Gasteiger partial charge in [-0.25, -0.2) is 0 Å². The minimum absolute atomic E-state index is 0. The van der Waals surface area contributed by atoms with Gasteiger partial charge in [-0.3, -0.25) is 4.79 Å². The van der Waals surface area contributed by atoms with Gasteiger partial charge in [-0.1, -0.05) is 20.8 Å². The van der Waals surface area contributed by atoms with Crippen molar-refractivity contribution in [1.82, 2.24) is 4.90 Å². The molecule has 0 aliphatic carbocycles. The molecule has 0 spiro atoms. The molecule has 1 amide bonds. The number of hydrogen-bond donors (Lipinski definition) is 0. The Morgan fingerprint density at radius 2 is 1.87 bits per heavy atom. The van der Waals surface area contributed by atoms with E-state index in [4.69, 9.17) is 0 Å². The Kier molecular flexibility index (Phi) is 7.85. The summed E-state index contributed by atoms with van der Waals surface area (Å²) in [6.45, 7) is 6.10.